The van der Waals surface area contributed by atoms with E-state index in [0.29, 0.717) is 37.2 Å². The summed E-state index contributed by atoms with van der Waals surface area (Å²) in [5, 5.41) is 0. The van der Waals surface area contributed by atoms with Gasteiger partial charge in [-0.15, -0.1) is 0 Å². The lowest BCUT2D eigenvalue weighted by Gasteiger charge is -2.34. The summed E-state index contributed by atoms with van der Waals surface area (Å²) in [4.78, 5) is 29.8. The van der Waals surface area contributed by atoms with E-state index >= 15 is 0 Å². The maximum Gasteiger partial charge on any atom is 0.264 e. The minimum Gasteiger partial charge on any atom is -0.342 e. The summed E-state index contributed by atoms with van der Waals surface area (Å²) in [7, 11) is -2.21. The van der Waals surface area contributed by atoms with E-state index in [1.807, 2.05) is 11.0 Å². The van der Waals surface area contributed by atoms with E-state index in [0.717, 1.165) is 25.9 Å². The van der Waals surface area contributed by atoms with E-state index in [9.17, 15) is 18.0 Å². The van der Waals surface area contributed by atoms with E-state index < -0.39 is 10.0 Å². The molecular weight excluding hydrogens is 450 g/mol. The zero-order valence-electron chi connectivity index (χ0n) is 19.7. The van der Waals surface area contributed by atoms with Crippen LogP contribution < -0.4 is 4.31 Å². The van der Waals surface area contributed by atoms with Gasteiger partial charge in [0, 0.05) is 44.7 Å². The van der Waals surface area contributed by atoms with Crippen LogP contribution >= 0.6 is 0 Å². The average molecular weight is 484 g/mol. The third kappa shape index (κ3) is 5.27. The zero-order chi connectivity index (χ0) is 24.1. The average Bonchev–Trinajstić information content (AvgIpc) is 3.18. The molecule has 34 heavy (non-hydrogen) atoms. The topological polar surface area (TPSA) is 78.0 Å². The molecule has 0 aliphatic carbocycles. The van der Waals surface area contributed by atoms with Crippen molar-refractivity contribution < 1.29 is 18.0 Å². The summed E-state index contributed by atoms with van der Waals surface area (Å²) in [6, 6.07) is 15.0. The van der Waals surface area contributed by atoms with Crippen molar-refractivity contribution in [2.24, 2.45) is 5.92 Å². The van der Waals surface area contributed by atoms with E-state index in [-0.39, 0.29) is 22.6 Å². The molecule has 8 heteroatoms. The largest absolute Gasteiger partial charge is 0.342 e. The van der Waals surface area contributed by atoms with Gasteiger partial charge in [-0.05, 0) is 62.1 Å². The van der Waals surface area contributed by atoms with Crippen LogP contribution in [0.5, 0.6) is 0 Å². The molecule has 0 radical (unpaired) electrons. The summed E-state index contributed by atoms with van der Waals surface area (Å²) >= 11 is 0. The molecule has 0 atom stereocenters. The Morgan fingerprint density at radius 3 is 1.97 bits per heavy atom. The van der Waals surface area contributed by atoms with E-state index in [1.54, 1.807) is 41.3 Å². The summed E-state index contributed by atoms with van der Waals surface area (Å²) in [5.41, 5.74) is 1.03. The Hall–Kier alpha value is -2.87. The number of hydrogen-bond donors (Lipinski definition) is 0. The van der Waals surface area contributed by atoms with E-state index in [2.05, 4.69) is 0 Å². The molecule has 182 valence electrons. The van der Waals surface area contributed by atoms with E-state index in [4.69, 9.17) is 0 Å². The number of likely N-dealkylation sites (tertiary alicyclic amines) is 2. The van der Waals surface area contributed by atoms with Gasteiger partial charge in [0.2, 0.25) is 5.91 Å². The van der Waals surface area contributed by atoms with Crippen LogP contribution in [0.15, 0.2) is 59.5 Å². The van der Waals surface area contributed by atoms with Crippen LogP contribution in [-0.4, -0.2) is 63.3 Å². The Kier molecular flexibility index (Phi) is 7.56. The summed E-state index contributed by atoms with van der Waals surface area (Å²) in [6.07, 6.45) is 5.90. The van der Waals surface area contributed by atoms with Crippen molar-refractivity contribution in [3.63, 3.8) is 0 Å². The molecular formula is C26H33N3O4S. The van der Waals surface area contributed by atoms with Crippen molar-refractivity contribution in [1.29, 1.82) is 0 Å². The highest BCUT2D eigenvalue weighted by Crippen LogP contribution is 2.25. The van der Waals surface area contributed by atoms with Crippen LogP contribution in [0.1, 0.15) is 48.9 Å². The first-order chi connectivity index (χ1) is 16.4. The number of hydrogen-bond acceptors (Lipinski definition) is 4. The summed E-state index contributed by atoms with van der Waals surface area (Å²) in [6.45, 7) is 2.79. The SMILES string of the molecule is CN(c1ccccc1)S(=O)(=O)c1ccc(C(=O)N2CCC(C(=O)N3CCCCCC3)CC2)cc1. The number of carbonyl (C=O) groups is 2. The van der Waals surface area contributed by atoms with Gasteiger partial charge in [0.1, 0.15) is 0 Å². The first-order valence-electron chi connectivity index (χ1n) is 12.1. The van der Waals surface area contributed by atoms with Crippen LogP contribution in [0, 0.1) is 5.92 Å². The van der Waals surface area contributed by atoms with Crippen molar-refractivity contribution in [2.45, 2.75) is 43.4 Å². The van der Waals surface area contributed by atoms with Crippen molar-refractivity contribution in [2.75, 3.05) is 37.5 Å². The second kappa shape index (κ2) is 10.6. The highest BCUT2D eigenvalue weighted by molar-refractivity contribution is 7.92. The molecule has 0 saturated carbocycles. The summed E-state index contributed by atoms with van der Waals surface area (Å²) < 4.78 is 27.2. The molecule has 2 aromatic carbocycles. The number of amides is 2. The molecule has 4 rings (SSSR count). The number of sulfonamides is 1. The van der Waals surface area contributed by atoms with Crippen LogP contribution in [0.25, 0.3) is 0 Å². The predicted molar refractivity (Wildman–Crippen MR) is 132 cm³/mol. The van der Waals surface area contributed by atoms with Gasteiger partial charge in [-0.2, -0.15) is 0 Å². The monoisotopic (exact) mass is 483 g/mol. The fourth-order valence-corrected chi connectivity index (χ4v) is 5.96. The molecule has 2 aromatic rings. The van der Waals surface area contributed by atoms with Gasteiger partial charge in [0.05, 0.1) is 10.6 Å². The highest BCUT2D eigenvalue weighted by atomic mass is 32.2. The highest BCUT2D eigenvalue weighted by Gasteiger charge is 2.31. The minimum atomic E-state index is -3.72. The first kappa shape index (κ1) is 24.3. The van der Waals surface area contributed by atoms with Gasteiger partial charge < -0.3 is 9.80 Å². The Morgan fingerprint density at radius 2 is 1.38 bits per heavy atom. The Labute approximate surface area is 202 Å². The Balaban J connectivity index is 1.36. The molecule has 2 fully saturated rings. The van der Waals surface area contributed by atoms with Crippen LogP contribution in [-0.2, 0) is 14.8 Å². The molecule has 0 spiro atoms. The Morgan fingerprint density at radius 1 is 0.794 bits per heavy atom. The number of piperidine rings is 1. The fraction of sp³-hybridized carbons (Fsp3) is 0.462. The van der Waals surface area contributed by atoms with Crippen molar-refractivity contribution >= 4 is 27.5 Å². The third-order valence-corrected chi connectivity index (χ3v) is 8.73. The maximum atomic E-state index is 13.0. The molecule has 2 heterocycles. The molecule has 2 saturated heterocycles. The molecule has 2 amide bonds. The molecule has 0 aromatic heterocycles. The third-order valence-electron chi connectivity index (χ3n) is 6.93. The van der Waals surface area contributed by atoms with Gasteiger partial charge in [0.15, 0.2) is 0 Å². The van der Waals surface area contributed by atoms with Gasteiger partial charge in [0.25, 0.3) is 15.9 Å². The zero-order valence-corrected chi connectivity index (χ0v) is 20.5. The van der Waals surface area contributed by atoms with Crippen LogP contribution in [0.3, 0.4) is 0 Å². The molecule has 0 unspecified atom stereocenters. The number of anilines is 1. The second-order valence-electron chi connectivity index (χ2n) is 9.14. The molecule has 2 aliphatic rings. The first-order valence-corrected chi connectivity index (χ1v) is 13.5. The number of benzene rings is 2. The molecule has 2 aliphatic heterocycles. The van der Waals surface area contributed by atoms with Gasteiger partial charge in [-0.3, -0.25) is 13.9 Å². The molecule has 0 N–H and O–H groups in total. The lowest BCUT2D eigenvalue weighted by Crippen LogP contribution is -2.44. The van der Waals surface area contributed by atoms with Gasteiger partial charge >= 0.3 is 0 Å². The minimum absolute atomic E-state index is 0.0109. The van der Waals surface area contributed by atoms with Crippen molar-refractivity contribution in [3.8, 4) is 0 Å². The van der Waals surface area contributed by atoms with E-state index in [1.165, 1.54) is 36.3 Å². The van der Waals surface area contributed by atoms with Crippen molar-refractivity contribution in [1.82, 2.24) is 9.80 Å². The molecule has 7 nitrogen and oxygen atoms in total. The van der Waals surface area contributed by atoms with Crippen molar-refractivity contribution in [3.05, 3.63) is 60.2 Å². The standard InChI is InChI=1S/C26H33N3O4S/c1-27(23-9-5-4-6-10-23)34(32,33)24-13-11-21(12-14-24)25(30)29-19-15-22(16-20-29)26(31)28-17-7-2-3-8-18-28/h4-6,9-14,22H,2-3,7-8,15-20H2,1H3. The Bertz CT molecular complexity index is 1090. The number of para-hydroxylation sites is 1. The fourth-order valence-electron chi connectivity index (χ4n) is 4.77. The maximum absolute atomic E-state index is 13.0. The summed E-state index contributed by atoms with van der Waals surface area (Å²) in [5.74, 6) is 0.107. The smallest absolute Gasteiger partial charge is 0.264 e. The number of carbonyl (C=O) groups excluding carboxylic acids is 2. The number of rotatable bonds is 5. The quantitative estimate of drug-likeness (QED) is 0.649. The van der Waals surface area contributed by atoms with Gasteiger partial charge in [-0.25, -0.2) is 8.42 Å². The lowest BCUT2D eigenvalue weighted by molar-refractivity contribution is -0.136. The second-order valence-corrected chi connectivity index (χ2v) is 11.1. The van der Waals surface area contributed by atoms with Crippen LogP contribution in [0.4, 0.5) is 5.69 Å². The van der Waals surface area contributed by atoms with Gasteiger partial charge in [-0.1, -0.05) is 31.0 Å². The normalized spacial score (nSPS) is 17.8. The predicted octanol–water partition coefficient (Wildman–Crippen LogP) is 3.77. The number of nitrogens with zero attached hydrogens (tertiary/aromatic N) is 3. The molecule has 0 bridgehead atoms. The van der Waals surface area contributed by atoms with Crippen LogP contribution in [0.2, 0.25) is 0 Å². The lowest BCUT2D eigenvalue weighted by atomic mass is 9.94.